The number of anilines is 1. The summed E-state index contributed by atoms with van der Waals surface area (Å²) in [5.41, 5.74) is 7.96. The molecule has 0 fully saturated rings. The number of benzene rings is 2. The Labute approximate surface area is 131 Å². The summed E-state index contributed by atoms with van der Waals surface area (Å²) in [6.45, 7) is 1.50. The lowest BCUT2D eigenvalue weighted by Crippen LogP contribution is -2.35. The summed E-state index contributed by atoms with van der Waals surface area (Å²) in [6.07, 6.45) is 0.874. The van der Waals surface area contributed by atoms with E-state index in [1.165, 1.54) is 5.69 Å². The molecule has 1 atom stereocenters. The van der Waals surface area contributed by atoms with Gasteiger partial charge in [-0.1, -0.05) is 48.5 Å². The van der Waals surface area contributed by atoms with Gasteiger partial charge in [0.25, 0.3) is 0 Å². The number of carbonyl (C=O) groups is 1. The average molecular weight is 297 g/mol. The molecular weight excluding hydrogens is 274 g/mol. The summed E-state index contributed by atoms with van der Waals surface area (Å²) < 4.78 is 0. The van der Waals surface area contributed by atoms with Crippen molar-refractivity contribution in [2.24, 2.45) is 5.73 Å². The maximum Gasteiger partial charge on any atom is 0.241 e. The average Bonchev–Trinajstić information content (AvgIpc) is 2.59. The van der Waals surface area contributed by atoms with Crippen LogP contribution < -0.4 is 16.0 Å². The normalized spacial score (nSPS) is 11.7. The first-order valence-corrected chi connectivity index (χ1v) is 7.53. The van der Waals surface area contributed by atoms with Crippen molar-refractivity contribution in [3.05, 3.63) is 66.2 Å². The van der Waals surface area contributed by atoms with E-state index in [0.29, 0.717) is 6.54 Å². The van der Waals surface area contributed by atoms with Crippen molar-refractivity contribution >= 4 is 11.6 Å². The molecule has 0 saturated heterocycles. The van der Waals surface area contributed by atoms with Gasteiger partial charge in [0.05, 0.1) is 0 Å². The van der Waals surface area contributed by atoms with Gasteiger partial charge in [-0.05, 0) is 24.1 Å². The Kier molecular flexibility index (Phi) is 5.98. The van der Waals surface area contributed by atoms with E-state index in [2.05, 4.69) is 22.3 Å². The van der Waals surface area contributed by atoms with E-state index < -0.39 is 6.04 Å². The standard InChI is InChI=1S/C18H23N3O/c1-21(16-11-6-3-7-12-16)14-8-13-20-18(22)17(19)15-9-4-2-5-10-15/h2-7,9-12,17H,8,13-14,19H2,1H3,(H,20,22). The van der Waals surface area contributed by atoms with Gasteiger partial charge in [0.1, 0.15) is 6.04 Å². The molecule has 0 aliphatic heterocycles. The minimum atomic E-state index is -0.604. The highest BCUT2D eigenvalue weighted by atomic mass is 16.2. The monoisotopic (exact) mass is 297 g/mol. The molecule has 116 valence electrons. The van der Waals surface area contributed by atoms with Crippen LogP contribution >= 0.6 is 0 Å². The molecule has 2 aromatic carbocycles. The number of nitrogens with two attached hydrogens (primary N) is 1. The lowest BCUT2D eigenvalue weighted by molar-refractivity contribution is -0.122. The molecule has 4 heteroatoms. The molecule has 1 unspecified atom stereocenters. The van der Waals surface area contributed by atoms with E-state index in [1.807, 2.05) is 55.6 Å². The number of nitrogens with one attached hydrogen (secondary N) is 1. The minimum Gasteiger partial charge on any atom is -0.375 e. The first-order valence-electron chi connectivity index (χ1n) is 7.53. The molecule has 4 nitrogen and oxygen atoms in total. The number of nitrogens with zero attached hydrogens (tertiary/aromatic N) is 1. The van der Waals surface area contributed by atoms with Crippen LogP contribution in [0.15, 0.2) is 60.7 Å². The van der Waals surface area contributed by atoms with E-state index in [1.54, 1.807) is 0 Å². The highest BCUT2D eigenvalue weighted by molar-refractivity contribution is 5.82. The smallest absolute Gasteiger partial charge is 0.241 e. The van der Waals surface area contributed by atoms with E-state index in [9.17, 15) is 4.79 Å². The summed E-state index contributed by atoms with van der Waals surface area (Å²) in [7, 11) is 2.05. The van der Waals surface area contributed by atoms with Gasteiger partial charge in [0.15, 0.2) is 0 Å². The summed E-state index contributed by atoms with van der Waals surface area (Å²) >= 11 is 0. The van der Waals surface area contributed by atoms with Gasteiger partial charge < -0.3 is 16.0 Å². The molecule has 0 aromatic heterocycles. The predicted molar refractivity (Wildman–Crippen MR) is 90.7 cm³/mol. The van der Waals surface area contributed by atoms with Crippen LogP contribution in [-0.4, -0.2) is 26.0 Å². The Bertz CT molecular complexity index is 571. The van der Waals surface area contributed by atoms with Gasteiger partial charge in [0.2, 0.25) is 5.91 Å². The fourth-order valence-corrected chi connectivity index (χ4v) is 2.26. The van der Waals surface area contributed by atoms with Crippen molar-refractivity contribution in [3.63, 3.8) is 0 Å². The van der Waals surface area contributed by atoms with Crippen LogP contribution in [0.2, 0.25) is 0 Å². The number of carbonyl (C=O) groups excluding carboxylic acids is 1. The van der Waals surface area contributed by atoms with Crippen LogP contribution in [0.25, 0.3) is 0 Å². The molecule has 22 heavy (non-hydrogen) atoms. The number of hydrogen-bond donors (Lipinski definition) is 2. The topological polar surface area (TPSA) is 58.4 Å². The largest absolute Gasteiger partial charge is 0.375 e. The first kappa shape index (κ1) is 16.0. The summed E-state index contributed by atoms with van der Waals surface area (Å²) in [5.74, 6) is -0.131. The van der Waals surface area contributed by atoms with Gasteiger partial charge in [-0.15, -0.1) is 0 Å². The van der Waals surface area contributed by atoms with Crippen LogP contribution in [0.1, 0.15) is 18.0 Å². The van der Waals surface area contributed by atoms with E-state index in [4.69, 9.17) is 5.73 Å². The van der Waals surface area contributed by atoms with E-state index in [0.717, 1.165) is 18.5 Å². The molecule has 3 N–H and O–H groups in total. The Balaban J connectivity index is 1.71. The van der Waals surface area contributed by atoms with Crippen molar-refractivity contribution in [2.75, 3.05) is 25.0 Å². The van der Waals surface area contributed by atoms with Gasteiger partial charge >= 0.3 is 0 Å². The SMILES string of the molecule is CN(CCCNC(=O)C(N)c1ccccc1)c1ccccc1. The number of amides is 1. The molecule has 0 heterocycles. The van der Waals surface area contributed by atoms with E-state index >= 15 is 0 Å². The van der Waals surface area contributed by atoms with Crippen LogP contribution in [0.3, 0.4) is 0 Å². The highest BCUT2D eigenvalue weighted by Crippen LogP contribution is 2.11. The van der Waals surface area contributed by atoms with E-state index in [-0.39, 0.29) is 5.91 Å². The Hall–Kier alpha value is -2.33. The van der Waals surface area contributed by atoms with Crippen LogP contribution in [0.5, 0.6) is 0 Å². The van der Waals surface area contributed by atoms with Crippen molar-refractivity contribution < 1.29 is 4.79 Å². The third kappa shape index (κ3) is 4.60. The first-order chi connectivity index (χ1) is 10.7. The zero-order valence-electron chi connectivity index (χ0n) is 12.9. The maximum absolute atomic E-state index is 12.0. The lowest BCUT2D eigenvalue weighted by atomic mass is 10.1. The summed E-state index contributed by atoms with van der Waals surface area (Å²) in [6, 6.07) is 19.0. The molecule has 0 saturated carbocycles. The number of rotatable bonds is 7. The number of para-hydroxylation sites is 1. The summed E-state index contributed by atoms with van der Waals surface area (Å²) in [4.78, 5) is 14.2. The molecule has 0 spiro atoms. The Morgan fingerprint density at radius 1 is 1.09 bits per heavy atom. The minimum absolute atomic E-state index is 0.131. The predicted octanol–water partition coefficient (Wildman–Crippen LogP) is 2.33. The molecule has 2 rings (SSSR count). The lowest BCUT2D eigenvalue weighted by Gasteiger charge is -2.19. The van der Waals surface area contributed by atoms with Crippen LogP contribution in [-0.2, 0) is 4.79 Å². The summed E-state index contributed by atoms with van der Waals surface area (Å²) in [5, 5.41) is 2.90. The molecule has 0 bridgehead atoms. The Morgan fingerprint density at radius 2 is 1.68 bits per heavy atom. The molecule has 2 aromatic rings. The van der Waals surface area contributed by atoms with Gasteiger partial charge in [-0.2, -0.15) is 0 Å². The second kappa shape index (κ2) is 8.20. The fraction of sp³-hybridized carbons (Fsp3) is 0.278. The quantitative estimate of drug-likeness (QED) is 0.771. The molecule has 1 amide bonds. The van der Waals surface area contributed by atoms with Crippen molar-refractivity contribution in [1.82, 2.24) is 5.32 Å². The van der Waals surface area contributed by atoms with Gasteiger partial charge in [-0.25, -0.2) is 0 Å². The van der Waals surface area contributed by atoms with Crippen LogP contribution in [0.4, 0.5) is 5.69 Å². The third-order valence-corrected chi connectivity index (χ3v) is 3.61. The van der Waals surface area contributed by atoms with Crippen LogP contribution in [0, 0.1) is 0 Å². The number of hydrogen-bond acceptors (Lipinski definition) is 3. The second-order valence-corrected chi connectivity index (χ2v) is 5.29. The zero-order chi connectivity index (χ0) is 15.8. The third-order valence-electron chi connectivity index (χ3n) is 3.61. The second-order valence-electron chi connectivity index (χ2n) is 5.29. The Morgan fingerprint density at radius 3 is 2.32 bits per heavy atom. The molecular formula is C18H23N3O. The molecule has 0 radical (unpaired) electrons. The zero-order valence-corrected chi connectivity index (χ0v) is 12.9. The fourth-order valence-electron chi connectivity index (χ4n) is 2.26. The van der Waals surface area contributed by atoms with Crippen molar-refractivity contribution in [1.29, 1.82) is 0 Å². The van der Waals surface area contributed by atoms with Gasteiger partial charge in [0, 0.05) is 25.8 Å². The van der Waals surface area contributed by atoms with Gasteiger partial charge in [-0.3, -0.25) is 4.79 Å². The highest BCUT2D eigenvalue weighted by Gasteiger charge is 2.14. The van der Waals surface area contributed by atoms with Crippen molar-refractivity contribution in [3.8, 4) is 0 Å². The molecule has 0 aliphatic carbocycles. The maximum atomic E-state index is 12.0. The van der Waals surface area contributed by atoms with Crippen molar-refractivity contribution in [2.45, 2.75) is 12.5 Å². The molecule has 0 aliphatic rings.